The second-order valence-electron chi connectivity index (χ2n) is 7.12. The van der Waals surface area contributed by atoms with E-state index in [4.69, 9.17) is 9.57 Å². The summed E-state index contributed by atoms with van der Waals surface area (Å²) in [5, 5.41) is 2.01. The number of carbonyl (C=O) groups is 2. The Kier molecular flexibility index (Phi) is 3.89. The summed E-state index contributed by atoms with van der Waals surface area (Å²) >= 11 is 0. The molecule has 0 aliphatic carbocycles. The summed E-state index contributed by atoms with van der Waals surface area (Å²) in [6.07, 6.45) is 1.64. The van der Waals surface area contributed by atoms with Crippen molar-refractivity contribution in [2.24, 2.45) is 0 Å². The van der Waals surface area contributed by atoms with E-state index >= 15 is 0 Å². The highest BCUT2D eigenvalue weighted by molar-refractivity contribution is 6.25. The lowest BCUT2D eigenvalue weighted by atomic mass is 9.99. The molecule has 1 spiro atoms. The predicted octanol–water partition coefficient (Wildman–Crippen LogP) is 3.43. The largest absolute Gasteiger partial charge is 0.497 e. The van der Waals surface area contributed by atoms with Crippen LogP contribution in [0.25, 0.3) is 16.5 Å². The molecule has 1 saturated heterocycles. The van der Waals surface area contributed by atoms with Crippen LogP contribution in [0.5, 0.6) is 5.75 Å². The standard InChI is InChI=1S/C23H18N2O4/c1-28-19-10-7-16(8-11-19)20-13-23(29-24-20)14-21(26)25(22(23)27)18-9-6-15-4-2-3-5-17(15)12-18/h2-13,24H,14H2,1H3/t23-/m1/s1. The van der Waals surface area contributed by atoms with Crippen molar-refractivity contribution in [1.29, 1.82) is 0 Å². The first-order valence-corrected chi connectivity index (χ1v) is 9.27. The van der Waals surface area contributed by atoms with Crippen molar-refractivity contribution in [1.82, 2.24) is 5.48 Å². The molecule has 2 amide bonds. The summed E-state index contributed by atoms with van der Waals surface area (Å²) in [6, 6.07) is 20.7. The molecule has 0 aromatic heterocycles. The van der Waals surface area contributed by atoms with Gasteiger partial charge in [0.1, 0.15) is 5.75 Å². The SMILES string of the molecule is COc1ccc(C2=C[C@]3(CC(=O)N(c4ccc5ccccc5c4)C3=O)ON2)cc1. The highest BCUT2D eigenvalue weighted by Crippen LogP contribution is 2.38. The molecule has 6 heteroatoms. The molecule has 29 heavy (non-hydrogen) atoms. The Hall–Kier alpha value is -3.64. The molecule has 0 saturated carbocycles. The van der Waals surface area contributed by atoms with Crippen LogP contribution in [0.3, 0.4) is 0 Å². The summed E-state index contributed by atoms with van der Waals surface area (Å²) in [6.45, 7) is 0. The minimum atomic E-state index is -1.34. The lowest BCUT2D eigenvalue weighted by molar-refractivity contribution is -0.136. The molecule has 0 unspecified atom stereocenters. The number of imide groups is 1. The van der Waals surface area contributed by atoms with Gasteiger partial charge in [0.2, 0.25) is 11.5 Å². The molecule has 5 rings (SSSR count). The molecule has 1 fully saturated rings. The number of benzene rings is 3. The first-order valence-electron chi connectivity index (χ1n) is 9.27. The van der Waals surface area contributed by atoms with Crippen LogP contribution in [0.4, 0.5) is 5.69 Å². The zero-order chi connectivity index (χ0) is 20.0. The first-order chi connectivity index (χ1) is 14.1. The molecule has 6 nitrogen and oxygen atoms in total. The van der Waals surface area contributed by atoms with E-state index in [0.717, 1.165) is 22.1 Å². The second-order valence-corrected chi connectivity index (χ2v) is 7.12. The molecule has 2 aliphatic heterocycles. The van der Waals surface area contributed by atoms with E-state index in [1.54, 1.807) is 19.3 Å². The van der Waals surface area contributed by atoms with Crippen molar-refractivity contribution in [2.45, 2.75) is 12.0 Å². The number of rotatable bonds is 3. The monoisotopic (exact) mass is 386 g/mol. The Bertz CT molecular complexity index is 1170. The Morgan fingerprint density at radius 3 is 2.52 bits per heavy atom. The van der Waals surface area contributed by atoms with Gasteiger partial charge in [0.25, 0.3) is 5.91 Å². The summed E-state index contributed by atoms with van der Waals surface area (Å²) in [5.41, 5.74) is 3.51. The second kappa shape index (κ2) is 6.46. The molecular weight excluding hydrogens is 368 g/mol. The Morgan fingerprint density at radius 1 is 1.00 bits per heavy atom. The highest BCUT2D eigenvalue weighted by Gasteiger charge is 2.55. The number of methoxy groups -OCH3 is 1. The fourth-order valence-corrected chi connectivity index (χ4v) is 3.80. The molecule has 0 bridgehead atoms. The first kappa shape index (κ1) is 17.5. The van der Waals surface area contributed by atoms with Crippen LogP contribution < -0.4 is 15.1 Å². The van der Waals surface area contributed by atoms with Gasteiger partial charge in [0, 0.05) is 0 Å². The maximum atomic E-state index is 13.2. The van der Waals surface area contributed by atoms with E-state index in [2.05, 4.69) is 5.48 Å². The molecule has 3 aromatic carbocycles. The van der Waals surface area contributed by atoms with Crippen molar-refractivity contribution in [3.8, 4) is 5.75 Å². The summed E-state index contributed by atoms with van der Waals surface area (Å²) in [5.74, 6) is 0.0469. The number of carbonyl (C=O) groups excluding carboxylic acids is 2. The summed E-state index contributed by atoms with van der Waals surface area (Å²) < 4.78 is 5.17. The predicted molar refractivity (Wildman–Crippen MR) is 109 cm³/mol. The van der Waals surface area contributed by atoms with E-state index in [9.17, 15) is 9.59 Å². The molecule has 3 aromatic rings. The minimum absolute atomic E-state index is 0.0503. The normalized spacial score (nSPS) is 21.0. The number of ether oxygens (including phenoxy) is 1. The number of amides is 2. The van der Waals surface area contributed by atoms with Crippen LogP contribution in [0.2, 0.25) is 0 Å². The third kappa shape index (κ3) is 2.77. The van der Waals surface area contributed by atoms with E-state index in [1.807, 2.05) is 60.7 Å². The quantitative estimate of drug-likeness (QED) is 0.699. The van der Waals surface area contributed by atoms with Gasteiger partial charge < -0.3 is 4.74 Å². The lowest BCUT2D eigenvalue weighted by Gasteiger charge is -2.19. The van der Waals surface area contributed by atoms with Crippen LogP contribution in [0, 0.1) is 0 Å². The Morgan fingerprint density at radius 2 is 1.76 bits per heavy atom. The van der Waals surface area contributed by atoms with Gasteiger partial charge >= 0.3 is 0 Å². The fraction of sp³-hybridized carbons (Fsp3) is 0.130. The van der Waals surface area contributed by atoms with E-state index in [0.29, 0.717) is 11.4 Å². The minimum Gasteiger partial charge on any atom is -0.497 e. The summed E-state index contributed by atoms with van der Waals surface area (Å²) in [4.78, 5) is 32.9. The smallest absolute Gasteiger partial charge is 0.273 e. The third-order valence-corrected chi connectivity index (χ3v) is 5.34. The van der Waals surface area contributed by atoms with E-state index < -0.39 is 11.5 Å². The van der Waals surface area contributed by atoms with Gasteiger partial charge in [-0.1, -0.05) is 30.3 Å². The van der Waals surface area contributed by atoms with Gasteiger partial charge in [-0.2, -0.15) is 0 Å². The lowest BCUT2D eigenvalue weighted by Crippen LogP contribution is -2.40. The number of nitrogens with zero attached hydrogens (tertiary/aromatic N) is 1. The van der Waals surface area contributed by atoms with Crippen LogP contribution in [0.15, 0.2) is 72.8 Å². The third-order valence-electron chi connectivity index (χ3n) is 5.34. The number of anilines is 1. The number of fused-ring (bicyclic) bond motifs is 1. The fourth-order valence-electron chi connectivity index (χ4n) is 3.80. The maximum absolute atomic E-state index is 13.2. The van der Waals surface area contributed by atoms with Crippen LogP contribution in [-0.4, -0.2) is 24.5 Å². The van der Waals surface area contributed by atoms with Crippen LogP contribution >= 0.6 is 0 Å². The van der Waals surface area contributed by atoms with Gasteiger partial charge in [-0.25, -0.2) is 4.90 Å². The van der Waals surface area contributed by atoms with Crippen molar-refractivity contribution < 1.29 is 19.2 Å². The molecule has 0 radical (unpaired) electrons. The van der Waals surface area contributed by atoms with Crippen LogP contribution in [-0.2, 0) is 14.4 Å². The zero-order valence-electron chi connectivity index (χ0n) is 15.7. The number of nitrogens with one attached hydrogen (secondary N) is 1. The zero-order valence-corrected chi connectivity index (χ0v) is 15.7. The van der Waals surface area contributed by atoms with Gasteiger partial charge in [-0.15, -0.1) is 0 Å². The Balaban J connectivity index is 1.48. The topological polar surface area (TPSA) is 67.9 Å². The molecule has 2 heterocycles. The summed E-state index contributed by atoms with van der Waals surface area (Å²) in [7, 11) is 1.60. The van der Waals surface area contributed by atoms with Crippen molar-refractivity contribution >= 4 is 34.0 Å². The van der Waals surface area contributed by atoms with E-state index in [-0.39, 0.29) is 12.3 Å². The molecule has 1 atom stereocenters. The molecule has 144 valence electrons. The van der Waals surface area contributed by atoms with Crippen molar-refractivity contribution in [3.05, 3.63) is 78.4 Å². The van der Waals surface area contributed by atoms with Gasteiger partial charge in [0.15, 0.2) is 0 Å². The number of hydrogen-bond donors (Lipinski definition) is 1. The maximum Gasteiger partial charge on any atom is 0.273 e. The van der Waals surface area contributed by atoms with Gasteiger partial charge in [0.05, 0.1) is 24.9 Å². The molecule has 1 N–H and O–H groups in total. The van der Waals surface area contributed by atoms with Gasteiger partial charge in [-0.3, -0.25) is 19.9 Å². The molecule has 2 aliphatic rings. The Labute approximate surface area is 167 Å². The average molecular weight is 386 g/mol. The highest BCUT2D eigenvalue weighted by atomic mass is 16.7. The van der Waals surface area contributed by atoms with Crippen LogP contribution in [0.1, 0.15) is 12.0 Å². The number of hydrogen-bond acceptors (Lipinski definition) is 5. The average Bonchev–Trinajstić information content (AvgIpc) is 3.28. The number of hydroxylamine groups is 1. The van der Waals surface area contributed by atoms with Crippen molar-refractivity contribution in [2.75, 3.05) is 12.0 Å². The molecular formula is C23H18N2O4. The van der Waals surface area contributed by atoms with E-state index in [1.165, 1.54) is 4.90 Å². The van der Waals surface area contributed by atoms with Crippen molar-refractivity contribution in [3.63, 3.8) is 0 Å². The van der Waals surface area contributed by atoms with Gasteiger partial charge in [-0.05, 0) is 58.8 Å².